The molecule has 1 aromatic heterocycles. The van der Waals surface area contributed by atoms with Gasteiger partial charge in [-0.2, -0.15) is 0 Å². The highest BCUT2D eigenvalue weighted by molar-refractivity contribution is 7.71. The van der Waals surface area contributed by atoms with Crippen LogP contribution in [-0.4, -0.2) is 40.9 Å². The van der Waals surface area contributed by atoms with Crippen LogP contribution in [0.1, 0.15) is 6.92 Å². The number of rotatable bonds is 3. The molecule has 112 valence electrons. The zero-order chi connectivity index (χ0) is 14.8. The lowest BCUT2D eigenvalue weighted by Crippen LogP contribution is -2.47. The number of benzene rings is 1. The minimum atomic E-state index is -0.165. The normalized spacial score (nSPS) is 15.5. The Balaban J connectivity index is 1.73. The van der Waals surface area contributed by atoms with Crippen LogP contribution in [0.2, 0.25) is 0 Å². The highest BCUT2D eigenvalue weighted by Gasteiger charge is 2.22. The van der Waals surface area contributed by atoms with Crippen LogP contribution in [0.3, 0.4) is 0 Å². The summed E-state index contributed by atoms with van der Waals surface area (Å²) in [5.41, 5.74) is 0.673. The van der Waals surface area contributed by atoms with Crippen molar-refractivity contribution in [3.63, 3.8) is 0 Å². The molecule has 2 heterocycles. The summed E-state index contributed by atoms with van der Waals surface area (Å²) < 4.78 is 16.4. The Labute approximate surface area is 128 Å². The summed E-state index contributed by atoms with van der Waals surface area (Å²) >= 11 is 5.22. The van der Waals surface area contributed by atoms with E-state index in [1.807, 2.05) is 23.6 Å². The molecule has 0 atom stereocenters. The maximum Gasteiger partial charge on any atom is 0.225 e. The van der Waals surface area contributed by atoms with E-state index < -0.39 is 0 Å². The van der Waals surface area contributed by atoms with E-state index in [1.165, 1.54) is 6.07 Å². The lowest BCUT2D eigenvalue weighted by Gasteiger charge is -2.36. The first-order valence-corrected chi connectivity index (χ1v) is 7.51. The summed E-state index contributed by atoms with van der Waals surface area (Å²) in [7, 11) is 0. The Morgan fingerprint density at radius 2 is 1.86 bits per heavy atom. The maximum atomic E-state index is 13.8. The van der Waals surface area contributed by atoms with Crippen LogP contribution in [-0.2, 0) is 6.54 Å². The fourth-order valence-electron chi connectivity index (χ4n) is 2.69. The molecule has 1 aromatic carbocycles. The molecule has 0 spiro atoms. The number of hydrogen-bond acceptors (Lipinski definition) is 4. The number of nitrogens with zero attached hydrogens (tertiary/aromatic N) is 4. The second-order valence-corrected chi connectivity index (χ2v) is 5.39. The van der Waals surface area contributed by atoms with Gasteiger partial charge in [0.1, 0.15) is 5.82 Å². The van der Waals surface area contributed by atoms with Crippen molar-refractivity contribution < 1.29 is 4.39 Å². The zero-order valence-corrected chi connectivity index (χ0v) is 12.7. The first-order valence-electron chi connectivity index (χ1n) is 7.10. The summed E-state index contributed by atoms with van der Waals surface area (Å²) in [6, 6.07) is 6.91. The summed E-state index contributed by atoms with van der Waals surface area (Å²) in [4.78, 5) is 4.26. The van der Waals surface area contributed by atoms with Crippen molar-refractivity contribution in [2.24, 2.45) is 0 Å². The highest BCUT2D eigenvalue weighted by atomic mass is 32.1. The SMILES string of the molecule is CCn1c(N2CCN(c3ccccc3F)CC2)n[nH]c1=S. The van der Waals surface area contributed by atoms with Gasteiger partial charge in [0.05, 0.1) is 5.69 Å². The molecule has 1 aliphatic rings. The van der Waals surface area contributed by atoms with Crippen molar-refractivity contribution in [3.05, 3.63) is 34.9 Å². The molecule has 0 aliphatic carbocycles. The molecule has 3 rings (SSSR count). The van der Waals surface area contributed by atoms with Crippen LogP contribution in [0.25, 0.3) is 0 Å². The Bertz CT molecular complexity index is 672. The summed E-state index contributed by atoms with van der Waals surface area (Å²) in [6.07, 6.45) is 0. The number of aromatic nitrogens is 3. The lowest BCUT2D eigenvalue weighted by molar-refractivity contribution is 0.586. The third-order valence-electron chi connectivity index (χ3n) is 3.81. The van der Waals surface area contributed by atoms with Gasteiger partial charge in [0.2, 0.25) is 5.95 Å². The minimum Gasteiger partial charge on any atom is -0.366 e. The van der Waals surface area contributed by atoms with Gasteiger partial charge in [-0.05, 0) is 31.3 Å². The first-order chi connectivity index (χ1) is 10.2. The summed E-state index contributed by atoms with van der Waals surface area (Å²) in [5, 5.41) is 7.14. The number of halogens is 1. The van der Waals surface area contributed by atoms with Gasteiger partial charge in [0, 0.05) is 32.7 Å². The van der Waals surface area contributed by atoms with Crippen LogP contribution >= 0.6 is 12.2 Å². The number of anilines is 2. The van der Waals surface area contributed by atoms with Gasteiger partial charge in [-0.25, -0.2) is 9.49 Å². The van der Waals surface area contributed by atoms with Crippen LogP contribution in [0.4, 0.5) is 16.0 Å². The highest BCUT2D eigenvalue weighted by Crippen LogP contribution is 2.22. The standard InChI is InChI=1S/C14H18FN5S/c1-2-20-13(16-17-14(20)21)19-9-7-18(8-10-19)12-6-4-3-5-11(12)15/h3-6H,2,7-10H2,1H3,(H,17,21). The minimum absolute atomic E-state index is 0.165. The maximum absolute atomic E-state index is 13.8. The van der Waals surface area contributed by atoms with Gasteiger partial charge in [-0.15, -0.1) is 5.10 Å². The average molecular weight is 307 g/mol. The predicted octanol–water partition coefficient (Wildman–Crippen LogP) is 2.43. The smallest absolute Gasteiger partial charge is 0.225 e. The molecule has 0 bridgehead atoms. The molecule has 0 unspecified atom stereocenters. The number of piperazine rings is 1. The van der Waals surface area contributed by atoms with Crippen molar-refractivity contribution >= 4 is 23.9 Å². The van der Waals surface area contributed by atoms with E-state index in [-0.39, 0.29) is 5.82 Å². The van der Waals surface area contributed by atoms with E-state index in [2.05, 4.69) is 20.0 Å². The Morgan fingerprint density at radius 1 is 1.19 bits per heavy atom. The van der Waals surface area contributed by atoms with Crippen molar-refractivity contribution in [1.29, 1.82) is 0 Å². The molecule has 5 nitrogen and oxygen atoms in total. The summed E-state index contributed by atoms with van der Waals surface area (Å²) in [6.45, 7) is 5.97. The lowest BCUT2D eigenvalue weighted by atomic mass is 10.2. The van der Waals surface area contributed by atoms with E-state index in [0.717, 1.165) is 38.7 Å². The number of nitrogens with one attached hydrogen (secondary N) is 1. The van der Waals surface area contributed by atoms with Gasteiger partial charge in [0.25, 0.3) is 0 Å². The molecule has 1 N–H and O–H groups in total. The molecule has 0 radical (unpaired) electrons. The van der Waals surface area contributed by atoms with Gasteiger partial charge in [-0.3, -0.25) is 4.57 Å². The fourth-order valence-corrected chi connectivity index (χ4v) is 2.95. The van der Waals surface area contributed by atoms with Crippen molar-refractivity contribution in [2.75, 3.05) is 36.0 Å². The van der Waals surface area contributed by atoms with E-state index in [4.69, 9.17) is 12.2 Å². The molecule has 2 aromatic rings. The van der Waals surface area contributed by atoms with Crippen LogP contribution < -0.4 is 9.80 Å². The van der Waals surface area contributed by atoms with Gasteiger partial charge in [0.15, 0.2) is 4.77 Å². The molecule has 0 amide bonds. The summed E-state index contributed by atoms with van der Waals surface area (Å²) in [5.74, 6) is 0.706. The molecular weight excluding hydrogens is 289 g/mol. The van der Waals surface area contributed by atoms with Gasteiger partial charge >= 0.3 is 0 Å². The fraction of sp³-hybridized carbons (Fsp3) is 0.429. The quantitative estimate of drug-likeness (QED) is 0.884. The third kappa shape index (κ3) is 2.65. The Kier molecular flexibility index (Phi) is 3.92. The number of hydrogen-bond donors (Lipinski definition) is 1. The largest absolute Gasteiger partial charge is 0.366 e. The van der Waals surface area contributed by atoms with Gasteiger partial charge in [-0.1, -0.05) is 12.1 Å². The monoisotopic (exact) mass is 307 g/mol. The topological polar surface area (TPSA) is 40.1 Å². The molecule has 0 saturated carbocycles. The number of para-hydroxylation sites is 1. The Hall–Kier alpha value is -1.89. The average Bonchev–Trinajstić information content (AvgIpc) is 2.89. The van der Waals surface area contributed by atoms with Crippen LogP contribution in [0.5, 0.6) is 0 Å². The van der Waals surface area contributed by atoms with Crippen molar-refractivity contribution in [2.45, 2.75) is 13.5 Å². The number of H-pyrrole nitrogens is 1. The Morgan fingerprint density at radius 3 is 2.52 bits per heavy atom. The van der Waals surface area contributed by atoms with Gasteiger partial charge < -0.3 is 9.80 Å². The molecule has 1 aliphatic heterocycles. The van der Waals surface area contributed by atoms with Crippen molar-refractivity contribution in [3.8, 4) is 0 Å². The van der Waals surface area contributed by atoms with E-state index in [0.29, 0.717) is 10.5 Å². The zero-order valence-electron chi connectivity index (χ0n) is 11.9. The van der Waals surface area contributed by atoms with Crippen molar-refractivity contribution in [1.82, 2.24) is 14.8 Å². The molecule has 1 saturated heterocycles. The van der Waals surface area contributed by atoms with Crippen LogP contribution in [0, 0.1) is 10.6 Å². The molecule has 21 heavy (non-hydrogen) atoms. The van der Waals surface area contributed by atoms with E-state index >= 15 is 0 Å². The van der Waals surface area contributed by atoms with E-state index in [9.17, 15) is 4.39 Å². The first kappa shape index (κ1) is 14.1. The predicted molar refractivity (Wildman–Crippen MR) is 83.9 cm³/mol. The second-order valence-electron chi connectivity index (χ2n) is 5.00. The van der Waals surface area contributed by atoms with E-state index in [1.54, 1.807) is 6.07 Å². The molecule has 7 heteroatoms. The van der Waals surface area contributed by atoms with Crippen LogP contribution in [0.15, 0.2) is 24.3 Å². The number of aromatic amines is 1. The third-order valence-corrected chi connectivity index (χ3v) is 4.12. The molecule has 1 fully saturated rings. The molecular formula is C14H18FN5S. The second kappa shape index (κ2) is 5.85.